The molecule has 1 aromatic carbocycles. The fraction of sp³-hybridized carbons (Fsp3) is 0.417. The number of benzene rings is 1. The fourth-order valence-corrected chi connectivity index (χ4v) is 4.89. The second kappa shape index (κ2) is 5.23. The molecule has 1 N–H and O–H groups in total. The van der Waals surface area contributed by atoms with Gasteiger partial charge in [0.05, 0.1) is 26.6 Å². The number of nitro groups is 1. The largest absolute Gasteiger partial charge is 0.376 e. The van der Waals surface area contributed by atoms with Gasteiger partial charge in [-0.1, -0.05) is 0 Å². The molecule has 21 heavy (non-hydrogen) atoms. The van der Waals surface area contributed by atoms with Crippen LogP contribution in [0.25, 0.3) is 10.2 Å². The van der Waals surface area contributed by atoms with Gasteiger partial charge < -0.3 is 5.32 Å². The van der Waals surface area contributed by atoms with Gasteiger partial charge in [-0.15, -0.1) is 11.3 Å². The molecule has 2 heterocycles. The Balaban J connectivity index is 1.96. The van der Waals surface area contributed by atoms with Crippen LogP contribution in [0.2, 0.25) is 0 Å². The maximum atomic E-state index is 11.7. The molecule has 0 bridgehead atoms. The highest BCUT2D eigenvalue weighted by Crippen LogP contribution is 2.35. The van der Waals surface area contributed by atoms with Crippen molar-refractivity contribution in [2.75, 3.05) is 16.8 Å². The van der Waals surface area contributed by atoms with E-state index in [0.717, 1.165) is 4.70 Å². The third-order valence-corrected chi connectivity index (χ3v) is 6.10. The standard InChI is InChI=1S/C12H13N3O4S2/c16-15(17)12-9(3-4-10-11(12)13-7-20-10)14-8-2-1-5-21(18,19)6-8/h3-4,7-8,14H,1-2,5-6H2. The lowest BCUT2D eigenvalue weighted by molar-refractivity contribution is -0.382. The number of nitrogens with one attached hydrogen (secondary N) is 1. The lowest BCUT2D eigenvalue weighted by atomic mass is 10.1. The van der Waals surface area contributed by atoms with Crippen LogP contribution in [-0.4, -0.2) is 35.9 Å². The molecule has 1 saturated heterocycles. The molecule has 0 spiro atoms. The van der Waals surface area contributed by atoms with Crippen LogP contribution < -0.4 is 5.32 Å². The van der Waals surface area contributed by atoms with Gasteiger partial charge in [-0.3, -0.25) is 10.1 Å². The van der Waals surface area contributed by atoms with E-state index in [1.165, 1.54) is 11.3 Å². The molecule has 1 atom stereocenters. The molecule has 112 valence electrons. The summed E-state index contributed by atoms with van der Waals surface area (Å²) < 4.78 is 24.1. The monoisotopic (exact) mass is 327 g/mol. The van der Waals surface area contributed by atoms with E-state index in [9.17, 15) is 18.5 Å². The van der Waals surface area contributed by atoms with E-state index in [1.54, 1.807) is 17.6 Å². The molecule has 3 rings (SSSR count). The molecular weight excluding hydrogens is 314 g/mol. The maximum Gasteiger partial charge on any atom is 0.319 e. The zero-order chi connectivity index (χ0) is 15.0. The SMILES string of the molecule is O=[N+]([O-])c1c(NC2CCCS(=O)(=O)C2)ccc2scnc12. The van der Waals surface area contributed by atoms with Crippen molar-refractivity contribution in [1.82, 2.24) is 4.98 Å². The normalized spacial score (nSPS) is 21.2. The number of sulfone groups is 1. The lowest BCUT2D eigenvalue weighted by Crippen LogP contribution is -2.34. The molecule has 0 saturated carbocycles. The highest BCUT2D eigenvalue weighted by molar-refractivity contribution is 7.91. The summed E-state index contributed by atoms with van der Waals surface area (Å²) >= 11 is 1.33. The number of aromatic nitrogens is 1. The van der Waals surface area contributed by atoms with Crippen molar-refractivity contribution in [3.05, 3.63) is 27.8 Å². The fourth-order valence-electron chi connectivity index (χ4n) is 2.57. The van der Waals surface area contributed by atoms with Crippen molar-refractivity contribution in [1.29, 1.82) is 0 Å². The third kappa shape index (κ3) is 2.84. The van der Waals surface area contributed by atoms with Crippen molar-refractivity contribution < 1.29 is 13.3 Å². The van der Waals surface area contributed by atoms with E-state index < -0.39 is 14.8 Å². The number of nitrogens with zero attached hydrogens (tertiary/aromatic N) is 2. The molecule has 0 amide bonds. The first kappa shape index (κ1) is 14.2. The number of hydrogen-bond acceptors (Lipinski definition) is 7. The summed E-state index contributed by atoms with van der Waals surface area (Å²) in [4.78, 5) is 14.9. The summed E-state index contributed by atoms with van der Waals surface area (Å²) in [6.07, 6.45) is 1.26. The summed E-state index contributed by atoms with van der Waals surface area (Å²) in [7, 11) is -3.06. The van der Waals surface area contributed by atoms with E-state index >= 15 is 0 Å². The van der Waals surface area contributed by atoms with Crippen molar-refractivity contribution in [3.63, 3.8) is 0 Å². The van der Waals surface area contributed by atoms with E-state index in [0.29, 0.717) is 24.0 Å². The minimum absolute atomic E-state index is 0.0132. The zero-order valence-corrected chi connectivity index (χ0v) is 12.6. The van der Waals surface area contributed by atoms with Crippen LogP contribution in [0.3, 0.4) is 0 Å². The second-order valence-corrected chi connectivity index (χ2v) is 8.13. The summed E-state index contributed by atoms with van der Waals surface area (Å²) in [5, 5.41) is 14.3. The van der Waals surface area contributed by atoms with Crippen LogP contribution in [-0.2, 0) is 9.84 Å². The highest BCUT2D eigenvalue weighted by atomic mass is 32.2. The van der Waals surface area contributed by atoms with E-state index in [4.69, 9.17) is 0 Å². The van der Waals surface area contributed by atoms with Crippen LogP contribution in [0.15, 0.2) is 17.6 Å². The predicted octanol–water partition coefficient (Wildman–Crippen LogP) is 2.19. The summed E-state index contributed by atoms with van der Waals surface area (Å²) in [5.41, 5.74) is 2.15. The van der Waals surface area contributed by atoms with Crippen LogP contribution in [0.4, 0.5) is 11.4 Å². The number of thiazole rings is 1. The molecule has 1 aromatic heterocycles. The molecule has 0 radical (unpaired) electrons. The molecule has 2 aromatic rings. The molecule has 1 aliphatic rings. The van der Waals surface area contributed by atoms with Gasteiger partial charge in [0.1, 0.15) is 5.69 Å². The van der Waals surface area contributed by atoms with Gasteiger partial charge in [-0.2, -0.15) is 0 Å². The van der Waals surface area contributed by atoms with Crippen molar-refractivity contribution in [2.45, 2.75) is 18.9 Å². The Hall–Kier alpha value is -1.74. The third-order valence-electron chi connectivity index (χ3n) is 3.48. The van der Waals surface area contributed by atoms with Gasteiger partial charge >= 0.3 is 5.69 Å². The Morgan fingerprint density at radius 3 is 2.95 bits per heavy atom. The lowest BCUT2D eigenvalue weighted by Gasteiger charge is -2.23. The van der Waals surface area contributed by atoms with E-state index in [2.05, 4.69) is 10.3 Å². The van der Waals surface area contributed by atoms with Gasteiger partial charge in [0.2, 0.25) is 0 Å². The van der Waals surface area contributed by atoms with Crippen LogP contribution >= 0.6 is 11.3 Å². The minimum Gasteiger partial charge on any atom is -0.376 e. The van der Waals surface area contributed by atoms with Gasteiger partial charge in [-0.05, 0) is 25.0 Å². The number of nitro benzene ring substituents is 1. The van der Waals surface area contributed by atoms with Crippen LogP contribution in [0.5, 0.6) is 0 Å². The smallest absolute Gasteiger partial charge is 0.319 e. The Bertz CT molecular complexity index is 800. The Morgan fingerprint density at radius 1 is 1.43 bits per heavy atom. The highest BCUT2D eigenvalue weighted by Gasteiger charge is 2.28. The average Bonchev–Trinajstić information content (AvgIpc) is 2.84. The summed E-state index contributed by atoms with van der Waals surface area (Å²) in [6, 6.07) is 3.10. The Labute approximate surface area is 125 Å². The van der Waals surface area contributed by atoms with Crippen LogP contribution in [0.1, 0.15) is 12.8 Å². The van der Waals surface area contributed by atoms with Crippen molar-refractivity contribution in [3.8, 4) is 0 Å². The van der Waals surface area contributed by atoms with Gasteiger partial charge in [0.25, 0.3) is 0 Å². The van der Waals surface area contributed by atoms with Gasteiger partial charge in [0, 0.05) is 6.04 Å². The maximum absolute atomic E-state index is 11.7. The number of fused-ring (bicyclic) bond motifs is 1. The minimum atomic E-state index is -3.06. The first-order valence-corrected chi connectivity index (χ1v) is 9.14. The number of rotatable bonds is 3. The van der Waals surface area contributed by atoms with E-state index in [1.807, 2.05) is 0 Å². The Kier molecular flexibility index (Phi) is 3.54. The molecular formula is C12H13N3O4S2. The van der Waals surface area contributed by atoms with Gasteiger partial charge in [0.15, 0.2) is 15.4 Å². The Morgan fingerprint density at radius 2 is 2.24 bits per heavy atom. The van der Waals surface area contributed by atoms with Crippen molar-refractivity contribution >= 4 is 42.8 Å². The number of anilines is 1. The molecule has 9 heteroatoms. The zero-order valence-electron chi connectivity index (χ0n) is 11.0. The van der Waals surface area contributed by atoms with Gasteiger partial charge in [-0.25, -0.2) is 13.4 Å². The number of hydrogen-bond donors (Lipinski definition) is 1. The second-order valence-electron chi connectivity index (χ2n) is 5.02. The van der Waals surface area contributed by atoms with Crippen LogP contribution in [0, 0.1) is 10.1 Å². The topological polar surface area (TPSA) is 102 Å². The van der Waals surface area contributed by atoms with E-state index in [-0.39, 0.29) is 23.2 Å². The predicted molar refractivity (Wildman–Crippen MR) is 81.6 cm³/mol. The average molecular weight is 327 g/mol. The first-order valence-electron chi connectivity index (χ1n) is 6.44. The summed E-state index contributed by atoms with van der Waals surface area (Å²) in [5.74, 6) is 0.206. The van der Waals surface area contributed by atoms with Crippen molar-refractivity contribution in [2.24, 2.45) is 0 Å². The molecule has 1 fully saturated rings. The molecule has 1 aliphatic heterocycles. The summed E-state index contributed by atoms with van der Waals surface area (Å²) in [6.45, 7) is 0. The quantitative estimate of drug-likeness (QED) is 0.685. The first-order chi connectivity index (χ1) is 9.96. The molecule has 0 aliphatic carbocycles. The molecule has 7 nitrogen and oxygen atoms in total. The molecule has 1 unspecified atom stereocenters.